The summed E-state index contributed by atoms with van der Waals surface area (Å²) in [6, 6.07) is 7.64. The fourth-order valence-corrected chi connectivity index (χ4v) is 2.35. The molecule has 0 saturated carbocycles. The van der Waals surface area contributed by atoms with Gasteiger partial charge in [-0.05, 0) is 30.4 Å². The van der Waals surface area contributed by atoms with Gasteiger partial charge in [0.15, 0.2) is 0 Å². The number of anilines is 1. The van der Waals surface area contributed by atoms with E-state index in [1.54, 1.807) is 6.07 Å². The second-order valence-corrected chi connectivity index (χ2v) is 5.46. The molecule has 1 fully saturated rings. The average molecular weight is 265 g/mol. The third-order valence-corrected chi connectivity index (χ3v) is 3.85. The molecule has 1 saturated heterocycles. The summed E-state index contributed by atoms with van der Waals surface area (Å²) in [5.41, 5.74) is 1.57. The molecule has 1 aliphatic heterocycles. The Labute approximate surface area is 113 Å². The maximum atomic E-state index is 9.11. The lowest BCUT2D eigenvalue weighted by atomic mass is 9.82. The monoisotopic (exact) mass is 264 g/mol. The molecule has 1 N–H and O–H groups in total. The summed E-state index contributed by atoms with van der Waals surface area (Å²) in [7, 11) is 0. The van der Waals surface area contributed by atoms with Crippen LogP contribution >= 0.6 is 11.6 Å². The molecule has 0 unspecified atom stereocenters. The summed E-state index contributed by atoms with van der Waals surface area (Å²) >= 11 is 6.00. The number of nitrogens with one attached hydrogen (secondary N) is 1. The molecule has 0 radical (unpaired) electrons. The number of hydrogen-bond donors (Lipinski definition) is 1. The summed E-state index contributed by atoms with van der Waals surface area (Å²) in [5.74, 6) is 0. The van der Waals surface area contributed by atoms with E-state index >= 15 is 0 Å². The highest BCUT2D eigenvalue weighted by molar-refractivity contribution is 6.32. The van der Waals surface area contributed by atoms with Gasteiger partial charge in [0, 0.05) is 19.8 Å². The Morgan fingerprint density at radius 1 is 1.44 bits per heavy atom. The Hall–Kier alpha value is -1.24. The van der Waals surface area contributed by atoms with Crippen LogP contribution in [0.3, 0.4) is 0 Å². The van der Waals surface area contributed by atoms with E-state index < -0.39 is 0 Å². The summed E-state index contributed by atoms with van der Waals surface area (Å²) in [5, 5.41) is 13.0. The Morgan fingerprint density at radius 3 is 2.83 bits per heavy atom. The molecule has 1 heterocycles. The zero-order valence-corrected chi connectivity index (χ0v) is 11.3. The fourth-order valence-electron chi connectivity index (χ4n) is 2.13. The SMILES string of the molecule is CC1(CNc2cccc(Cl)c2C#N)CCOCC1. The van der Waals surface area contributed by atoms with E-state index in [0.717, 1.165) is 38.3 Å². The Bertz CT molecular complexity index is 461. The van der Waals surface area contributed by atoms with Crippen LogP contribution in [0.15, 0.2) is 18.2 Å². The number of benzene rings is 1. The summed E-state index contributed by atoms with van der Waals surface area (Å²) < 4.78 is 5.38. The van der Waals surface area contributed by atoms with Gasteiger partial charge in [-0.25, -0.2) is 0 Å². The van der Waals surface area contributed by atoms with Crippen LogP contribution in [0.25, 0.3) is 0 Å². The van der Waals surface area contributed by atoms with E-state index in [0.29, 0.717) is 10.6 Å². The minimum atomic E-state index is 0.229. The molecule has 2 rings (SSSR count). The summed E-state index contributed by atoms with van der Waals surface area (Å²) in [6.45, 7) is 4.72. The lowest BCUT2D eigenvalue weighted by Crippen LogP contribution is -2.33. The first-order valence-electron chi connectivity index (χ1n) is 6.15. The fraction of sp³-hybridized carbons (Fsp3) is 0.500. The lowest BCUT2D eigenvalue weighted by molar-refractivity contribution is 0.0300. The van der Waals surface area contributed by atoms with E-state index in [-0.39, 0.29) is 5.41 Å². The molecule has 1 aromatic carbocycles. The smallest absolute Gasteiger partial charge is 0.103 e. The molecule has 0 bridgehead atoms. The maximum Gasteiger partial charge on any atom is 0.103 e. The molecule has 18 heavy (non-hydrogen) atoms. The van der Waals surface area contributed by atoms with Gasteiger partial charge in [-0.1, -0.05) is 24.6 Å². The van der Waals surface area contributed by atoms with Crippen LogP contribution in [0.2, 0.25) is 5.02 Å². The van der Waals surface area contributed by atoms with Crippen molar-refractivity contribution in [1.82, 2.24) is 0 Å². The molecule has 0 aliphatic carbocycles. The first kappa shape index (κ1) is 13.2. The highest BCUT2D eigenvalue weighted by Crippen LogP contribution is 2.31. The molecule has 0 amide bonds. The van der Waals surface area contributed by atoms with E-state index in [9.17, 15) is 0 Å². The Balaban J connectivity index is 2.06. The first-order chi connectivity index (χ1) is 8.64. The summed E-state index contributed by atoms with van der Waals surface area (Å²) in [6.07, 6.45) is 2.09. The van der Waals surface area contributed by atoms with Crippen molar-refractivity contribution in [3.63, 3.8) is 0 Å². The number of hydrogen-bond acceptors (Lipinski definition) is 3. The van der Waals surface area contributed by atoms with Crippen LogP contribution in [0.5, 0.6) is 0 Å². The second kappa shape index (κ2) is 5.60. The Kier molecular flexibility index (Phi) is 4.11. The molecule has 0 aromatic heterocycles. The van der Waals surface area contributed by atoms with Crippen molar-refractivity contribution in [3.8, 4) is 6.07 Å². The normalized spacial score (nSPS) is 18.1. The summed E-state index contributed by atoms with van der Waals surface area (Å²) in [4.78, 5) is 0. The van der Waals surface area contributed by atoms with Gasteiger partial charge in [-0.15, -0.1) is 0 Å². The van der Waals surface area contributed by atoms with E-state index in [2.05, 4.69) is 18.3 Å². The van der Waals surface area contributed by atoms with E-state index in [1.807, 2.05) is 12.1 Å². The van der Waals surface area contributed by atoms with Gasteiger partial charge in [-0.3, -0.25) is 0 Å². The van der Waals surface area contributed by atoms with Crippen molar-refractivity contribution >= 4 is 17.3 Å². The van der Waals surface area contributed by atoms with Crippen LogP contribution in [0, 0.1) is 16.7 Å². The van der Waals surface area contributed by atoms with Crippen LogP contribution < -0.4 is 5.32 Å². The van der Waals surface area contributed by atoms with Crippen LogP contribution in [-0.4, -0.2) is 19.8 Å². The third kappa shape index (κ3) is 2.95. The predicted octanol–water partition coefficient (Wildman–Crippen LogP) is 3.44. The highest BCUT2D eigenvalue weighted by Gasteiger charge is 2.27. The molecule has 0 atom stereocenters. The van der Waals surface area contributed by atoms with Crippen molar-refractivity contribution in [2.75, 3.05) is 25.1 Å². The van der Waals surface area contributed by atoms with Gasteiger partial charge >= 0.3 is 0 Å². The van der Waals surface area contributed by atoms with Gasteiger partial charge in [0.05, 0.1) is 16.3 Å². The van der Waals surface area contributed by atoms with E-state index in [4.69, 9.17) is 21.6 Å². The second-order valence-electron chi connectivity index (χ2n) is 5.05. The Morgan fingerprint density at radius 2 is 2.17 bits per heavy atom. The molecule has 96 valence electrons. The number of halogens is 1. The minimum Gasteiger partial charge on any atom is -0.383 e. The first-order valence-corrected chi connectivity index (χ1v) is 6.53. The lowest BCUT2D eigenvalue weighted by Gasteiger charge is -2.34. The largest absolute Gasteiger partial charge is 0.383 e. The molecular formula is C14H17ClN2O. The van der Waals surface area contributed by atoms with Gasteiger partial charge in [-0.2, -0.15) is 5.26 Å². The number of nitriles is 1. The van der Waals surface area contributed by atoms with Gasteiger partial charge in [0.25, 0.3) is 0 Å². The van der Waals surface area contributed by atoms with Gasteiger partial charge in [0.1, 0.15) is 6.07 Å². The van der Waals surface area contributed by atoms with Crippen molar-refractivity contribution < 1.29 is 4.74 Å². The third-order valence-electron chi connectivity index (χ3n) is 3.53. The zero-order valence-electron chi connectivity index (χ0n) is 10.5. The quantitative estimate of drug-likeness (QED) is 0.910. The predicted molar refractivity (Wildman–Crippen MR) is 72.8 cm³/mol. The topological polar surface area (TPSA) is 45.0 Å². The standard InChI is InChI=1S/C14H17ClN2O/c1-14(5-7-18-8-6-14)10-17-13-4-2-3-12(15)11(13)9-16/h2-4,17H,5-8,10H2,1H3. The van der Waals surface area contributed by atoms with Crippen molar-refractivity contribution in [1.29, 1.82) is 5.26 Å². The molecule has 1 aliphatic rings. The van der Waals surface area contributed by atoms with Crippen LogP contribution in [0.4, 0.5) is 5.69 Å². The van der Waals surface area contributed by atoms with Gasteiger partial charge in [0.2, 0.25) is 0 Å². The highest BCUT2D eigenvalue weighted by atomic mass is 35.5. The molecule has 3 nitrogen and oxygen atoms in total. The van der Waals surface area contributed by atoms with Crippen molar-refractivity contribution in [3.05, 3.63) is 28.8 Å². The molecular weight excluding hydrogens is 248 g/mol. The van der Waals surface area contributed by atoms with Crippen LogP contribution in [0.1, 0.15) is 25.3 Å². The van der Waals surface area contributed by atoms with Crippen molar-refractivity contribution in [2.45, 2.75) is 19.8 Å². The van der Waals surface area contributed by atoms with E-state index in [1.165, 1.54) is 0 Å². The molecule has 0 spiro atoms. The number of nitrogens with zero attached hydrogens (tertiary/aromatic N) is 1. The van der Waals surface area contributed by atoms with Crippen LogP contribution in [-0.2, 0) is 4.74 Å². The average Bonchev–Trinajstić information content (AvgIpc) is 2.37. The van der Waals surface area contributed by atoms with Crippen molar-refractivity contribution in [2.24, 2.45) is 5.41 Å². The minimum absolute atomic E-state index is 0.229. The maximum absolute atomic E-state index is 9.11. The van der Waals surface area contributed by atoms with Gasteiger partial charge < -0.3 is 10.1 Å². The number of ether oxygens (including phenoxy) is 1. The molecule has 4 heteroatoms. The zero-order chi connectivity index (χ0) is 13.0. The number of rotatable bonds is 3. The molecule has 1 aromatic rings.